The molecule has 0 saturated carbocycles. The number of aromatic nitrogens is 2. The van der Waals surface area contributed by atoms with Crippen LogP contribution in [-0.2, 0) is 21.3 Å². The third kappa shape index (κ3) is 3.28. The number of methoxy groups -OCH3 is 1. The number of aryl methyl sites for hydroxylation is 1. The number of amides is 1. The zero-order valence-electron chi connectivity index (χ0n) is 10.0. The van der Waals surface area contributed by atoms with Gasteiger partial charge >= 0.3 is 5.97 Å². The molecule has 0 aliphatic rings. The number of anilines is 1. The molecule has 7 nitrogen and oxygen atoms in total. The first kappa shape index (κ1) is 13.2. The Labute approximate surface area is 98.7 Å². The normalized spacial score (nSPS) is 10.1. The van der Waals surface area contributed by atoms with E-state index in [2.05, 4.69) is 15.2 Å². The Morgan fingerprint density at radius 1 is 1.53 bits per heavy atom. The second-order valence-electron chi connectivity index (χ2n) is 3.23. The highest BCUT2D eigenvalue weighted by Crippen LogP contribution is 2.15. The van der Waals surface area contributed by atoms with E-state index in [9.17, 15) is 9.59 Å². The molecular formula is C10H15N3O4. The van der Waals surface area contributed by atoms with E-state index >= 15 is 0 Å². The number of hydrogen-bond acceptors (Lipinski definition) is 5. The summed E-state index contributed by atoms with van der Waals surface area (Å²) in [5, 5.41) is 6.43. The summed E-state index contributed by atoms with van der Waals surface area (Å²) >= 11 is 0. The lowest BCUT2D eigenvalue weighted by Crippen LogP contribution is -2.21. The maximum Gasteiger partial charge on any atom is 0.343 e. The fourth-order valence-electron chi connectivity index (χ4n) is 1.24. The van der Waals surface area contributed by atoms with E-state index in [0.29, 0.717) is 5.82 Å². The first-order chi connectivity index (χ1) is 8.10. The first-order valence-electron chi connectivity index (χ1n) is 5.08. The number of hydrogen-bond donors (Lipinski definition) is 1. The van der Waals surface area contributed by atoms with Gasteiger partial charge in [0.2, 0.25) is 0 Å². The molecule has 1 N–H and O–H groups in total. The summed E-state index contributed by atoms with van der Waals surface area (Å²) in [4.78, 5) is 22.9. The van der Waals surface area contributed by atoms with Crippen LogP contribution in [0.1, 0.15) is 17.3 Å². The van der Waals surface area contributed by atoms with Gasteiger partial charge in [0.05, 0.1) is 12.8 Å². The predicted molar refractivity (Wildman–Crippen MR) is 59.7 cm³/mol. The van der Waals surface area contributed by atoms with Crippen LogP contribution in [0.2, 0.25) is 0 Å². The van der Waals surface area contributed by atoms with Crippen LogP contribution in [0.5, 0.6) is 0 Å². The molecule has 1 aromatic heterocycles. The highest BCUT2D eigenvalue weighted by atomic mass is 16.5. The van der Waals surface area contributed by atoms with Crippen LogP contribution in [0.15, 0.2) is 6.20 Å². The van der Waals surface area contributed by atoms with Crippen molar-refractivity contribution >= 4 is 17.7 Å². The molecule has 1 rings (SSSR count). The lowest BCUT2D eigenvalue weighted by Gasteiger charge is -2.07. The lowest BCUT2D eigenvalue weighted by atomic mass is 10.3. The third-order valence-electron chi connectivity index (χ3n) is 1.97. The van der Waals surface area contributed by atoms with Crippen molar-refractivity contribution in [1.82, 2.24) is 9.78 Å². The van der Waals surface area contributed by atoms with Gasteiger partial charge in [0, 0.05) is 14.2 Å². The van der Waals surface area contributed by atoms with Crippen molar-refractivity contribution in [2.45, 2.75) is 6.92 Å². The van der Waals surface area contributed by atoms with E-state index < -0.39 is 5.97 Å². The first-order valence-corrected chi connectivity index (χ1v) is 5.08. The van der Waals surface area contributed by atoms with Crippen molar-refractivity contribution in [2.24, 2.45) is 7.05 Å². The van der Waals surface area contributed by atoms with Crippen LogP contribution in [0.25, 0.3) is 0 Å². The lowest BCUT2D eigenvalue weighted by molar-refractivity contribution is -0.119. The zero-order chi connectivity index (χ0) is 12.8. The van der Waals surface area contributed by atoms with E-state index in [1.807, 2.05) is 0 Å². The Kier molecular flexibility index (Phi) is 4.65. The Hall–Kier alpha value is -1.89. The standard InChI is InChI=1S/C10H15N3O4/c1-4-17-10(15)7-5-11-13(2)9(7)12-8(14)6-16-3/h5H,4,6H2,1-3H3,(H,12,14). The Morgan fingerprint density at radius 3 is 2.82 bits per heavy atom. The van der Waals surface area contributed by atoms with E-state index in [0.717, 1.165) is 0 Å². The van der Waals surface area contributed by atoms with Gasteiger partial charge in [-0.25, -0.2) is 4.79 Å². The summed E-state index contributed by atoms with van der Waals surface area (Å²) in [5.41, 5.74) is 0.221. The Morgan fingerprint density at radius 2 is 2.24 bits per heavy atom. The van der Waals surface area contributed by atoms with Crippen LogP contribution in [0.4, 0.5) is 5.82 Å². The zero-order valence-corrected chi connectivity index (χ0v) is 10.0. The molecule has 1 aromatic rings. The molecule has 0 radical (unpaired) electrons. The molecule has 0 fully saturated rings. The minimum absolute atomic E-state index is 0.0898. The molecule has 7 heteroatoms. The molecule has 0 aliphatic heterocycles. The molecule has 17 heavy (non-hydrogen) atoms. The van der Waals surface area contributed by atoms with Crippen molar-refractivity contribution in [3.63, 3.8) is 0 Å². The summed E-state index contributed by atoms with van der Waals surface area (Å²) in [6.07, 6.45) is 1.35. The van der Waals surface area contributed by atoms with E-state index in [1.165, 1.54) is 18.0 Å². The van der Waals surface area contributed by atoms with Gasteiger partial charge in [0.1, 0.15) is 18.0 Å². The molecule has 0 aliphatic carbocycles. The molecule has 0 spiro atoms. The molecule has 1 heterocycles. The third-order valence-corrected chi connectivity index (χ3v) is 1.97. The fraction of sp³-hybridized carbons (Fsp3) is 0.500. The second kappa shape index (κ2) is 6.00. The van der Waals surface area contributed by atoms with E-state index in [4.69, 9.17) is 4.74 Å². The van der Waals surface area contributed by atoms with Crippen LogP contribution < -0.4 is 5.32 Å². The highest BCUT2D eigenvalue weighted by molar-refractivity contribution is 6.00. The smallest absolute Gasteiger partial charge is 0.343 e. The fourth-order valence-corrected chi connectivity index (χ4v) is 1.24. The topological polar surface area (TPSA) is 82.5 Å². The molecule has 0 aromatic carbocycles. The number of carbonyl (C=O) groups is 2. The molecule has 0 atom stereocenters. The largest absolute Gasteiger partial charge is 0.462 e. The quantitative estimate of drug-likeness (QED) is 0.744. The predicted octanol–water partition coefficient (Wildman–Crippen LogP) is 0.182. The highest BCUT2D eigenvalue weighted by Gasteiger charge is 2.18. The maximum atomic E-state index is 11.6. The average Bonchev–Trinajstić information content (AvgIpc) is 2.61. The minimum atomic E-state index is -0.520. The molecular weight excluding hydrogens is 226 g/mol. The summed E-state index contributed by atoms with van der Waals surface area (Å²) in [6.45, 7) is 1.88. The number of nitrogens with one attached hydrogen (secondary N) is 1. The van der Waals surface area contributed by atoms with Gasteiger partial charge in [-0.2, -0.15) is 5.10 Å². The summed E-state index contributed by atoms with van der Waals surface area (Å²) in [6, 6.07) is 0. The Balaban J connectivity index is 2.86. The van der Waals surface area contributed by atoms with Gasteiger partial charge in [-0.1, -0.05) is 0 Å². The molecule has 94 valence electrons. The number of rotatable bonds is 5. The van der Waals surface area contributed by atoms with E-state index in [-0.39, 0.29) is 24.7 Å². The van der Waals surface area contributed by atoms with Crippen LogP contribution in [0, 0.1) is 0 Å². The number of esters is 1. The van der Waals surface area contributed by atoms with Gasteiger partial charge in [-0.15, -0.1) is 0 Å². The van der Waals surface area contributed by atoms with Crippen molar-refractivity contribution < 1.29 is 19.1 Å². The summed E-state index contributed by atoms with van der Waals surface area (Å²) < 4.78 is 10.9. The van der Waals surface area contributed by atoms with Gasteiger partial charge in [0.25, 0.3) is 5.91 Å². The summed E-state index contributed by atoms with van der Waals surface area (Å²) in [5.74, 6) is -0.583. The van der Waals surface area contributed by atoms with Crippen molar-refractivity contribution in [3.05, 3.63) is 11.8 Å². The van der Waals surface area contributed by atoms with Gasteiger partial charge < -0.3 is 14.8 Å². The van der Waals surface area contributed by atoms with Crippen LogP contribution in [0.3, 0.4) is 0 Å². The molecule has 0 saturated heterocycles. The van der Waals surface area contributed by atoms with Crippen LogP contribution >= 0.6 is 0 Å². The second-order valence-corrected chi connectivity index (χ2v) is 3.23. The van der Waals surface area contributed by atoms with Crippen molar-refractivity contribution in [3.8, 4) is 0 Å². The van der Waals surface area contributed by atoms with Gasteiger partial charge in [-0.3, -0.25) is 9.48 Å². The Bertz CT molecular complexity index is 414. The molecule has 1 amide bonds. The minimum Gasteiger partial charge on any atom is -0.462 e. The number of nitrogens with zero attached hydrogens (tertiary/aromatic N) is 2. The summed E-state index contributed by atoms with van der Waals surface area (Å²) in [7, 11) is 3.03. The number of ether oxygens (including phenoxy) is 2. The SMILES string of the molecule is CCOC(=O)c1cnn(C)c1NC(=O)COC. The average molecular weight is 241 g/mol. The maximum absolute atomic E-state index is 11.6. The van der Waals surface area contributed by atoms with Crippen molar-refractivity contribution in [1.29, 1.82) is 0 Å². The monoisotopic (exact) mass is 241 g/mol. The van der Waals surface area contributed by atoms with E-state index in [1.54, 1.807) is 14.0 Å². The number of carbonyl (C=O) groups excluding carboxylic acids is 2. The van der Waals surface area contributed by atoms with Crippen LogP contribution in [-0.4, -0.2) is 42.0 Å². The van der Waals surface area contributed by atoms with Gasteiger partial charge in [0.15, 0.2) is 0 Å². The molecule has 0 bridgehead atoms. The van der Waals surface area contributed by atoms with Gasteiger partial charge in [-0.05, 0) is 6.92 Å². The van der Waals surface area contributed by atoms with Crippen molar-refractivity contribution in [2.75, 3.05) is 25.6 Å². The molecule has 0 unspecified atom stereocenters.